The van der Waals surface area contributed by atoms with E-state index in [1.807, 2.05) is 0 Å². The summed E-state index contributed by atoms with van der Waals surface area (Å²) >= 11 is 2.10. The summed E-state index contributed by atoms with van der Waals surface area (Å²) in [6, 6.07) is 0. The Kier molecular flexibility index (Phi) is 2.55. The van der Waals surface area contributed by atoms with Crippen molar-refractivity contribution in [1.29, 1.82) is 0 Å². The smallest absolute Gasteiger partial charge is 0.0233 e. The SMILES string of the molecule is CC1(C)CCNCC(C)(C)S1. The zero-order valence-electron chi connectivity index (χ0n) is 8.03. The normalized spacial score (nSPS) is 29.5. The molecule has 0 aromatic rings. The van der Waals surface area contributed by atoms with Gasteiger partial charge >= 0.3 is 0 Å². The van der Waals surface area contributed by atoms with Crippen LogP contribution < -0.4 is 5.32 Å². The van der Waals surface area contributed by atoms with E-state index in [1.165, 1.54) is 13.0 Å². The molecule has 1 heterocycles. The molecule has 0 saturated carbocycles. The van der Waals surface area contributed by atoms with Gasteiger partial charge in [0.2, 0.25) is 0 Å². The zero-order valence-corrected chi connectivity index (χ0v) is 8.85. The Morgan fingerprint density at radius 1 is 1.09 bits per heavy atom. The molecule has 11 heavy (non-hydrogen) atoms. The van der Waals surface area contributed by atoms with Crippen LogP contribution >= 0.6 is 11.8 Å². The van der Waals surface area contributed by atoms with Crippen LogP contribution in [-0.2, 0) is 0 Å². The Hall–Kier alpha value is 0.310. The Morgan fingerprint density at radius 3 is 2.36 bits per heavy atom. The second kappa shape index (κ2) is 2.98. The molecule has 1 fully saturated rings. The molecule has 0 unspecified atom stereocenters. The lowest BCUT2D eigenvalue weighted by molar-refractivity contribution is 0.574. The van der Waals surface area contributed by atoms with E-state index in [0.29, 0.717) is 9.49 Å². The summed E-state index contributed by atoms with van der Waals surface area (Å²) in [6.07, 6.45) is 1.28. The van der Waals surface area contributed by atoms with Crippen molar-refractivity contribution in [3.05, 3.63) is 0 Å². The van der Waals surface area contributed by atoms with Gasteiger partial charge in [0.25, 0.3) is 0 Å². The molecule has 1 aliphatic heterocycles. The molecule has 0 spiro atoms. The molecule has 0 aromatic carbocycles. The molecule has 1 rings (SSSR count). The summed E-state index contributed by atoms with van der Waals surface area (Å²) < 4.78 is 0.854. The van der Waals surface area contributed by atoms with Crippen LogP contribution in [0.1, 0.15) is 34.1 Å². The van der Waals surface area contributed by atoms with E-state index in [4.69, 9.17) is 0 Å². The number of hydrogen-bond acceptors (Lipinski definition) is 2. The third-order valence-electron chi connectivity index (χ3n) is 2.01. The fraction of sp³-hybridized carbons (Fsp3) is 1.00. The molecule has 0 radical (unpaired) electrons. The van der Waals surface area contributed by atoms with E-state index in [2.05, 4.69) is 44.8 Å². The van der Waals surface area contributed by atoms with E-state index in [1.54, 1.807) is 0 Å². The minimum Gasteiger partial charge on any atom is -0.315 e. The quantitative estimate of drug-likeness (QED) is 0.603. The summed E-state index contributed by atoms with van der Waals surface area (Å²) in [5.41, 5.74) is 0. The van der Waals surface area contributed by atoms with Crippen molar-refractivity contribution in [2.45, 2.75) is 43.6 Å². The Morgan fingerprint density at radius 2 is 1.73 bits per heavy atom. The van der Waals surface area contributed by atoms with Gasteiger partial charge in [0.1, 0.15) is 0 Å². The van der Waals surface area contributed by atoms with Crippen LogP contribution in [0.5, 0.6) is 0 Å². The largest absolute Gasteiger partial charge is 0.315 e. The first-order chi connectivity index (χ1) is 4.91. The maximum absolute atomic E-state index is 3.47. The molecule has 2 heteroatoms. The number of hydrogen-bond donors (Lipinski definition) is 1. The van der Waals surface area contributed by atoms with Gasteiger partial charge in [0.05, 0.1) is 0 Å². The molecule has 0 bridgehead atoms. The predicted octanol–water partition coefficient (Wildman–Crippen LogP) is 2.27. The molecule has 1 nitrogen and oxygen atoms in total. The first-order valence-electron chi connectivity index (χ1n) is 4.32. The van der Waals surface area contributed by atoms with Crippen molar-refractivity contribution in [2.24, 2.45) is 0 Å². The fourth-order valence-electron chi connectivity index (χ4n) is 1.61. The fourth-order valence-corrected chi connectivity index (χ4v) is 3.49. The number of rotatable bonds is 0. The number of thioether (sulfide) groups is 1. The zero-order chi connectivity index (χ0) is 8.54. The van der Waals surface area contributed by atoms with Crippen LogP contribution in [0, 0.1) is 0 Å². The first kappa shape index (κ1) is 9.40. The van der Waals surface area contributed by atoms with Gasteiger partial charge in [-0.3, -0.25) is 0 Å². The van der Waals surface area contributed by atoms with E-state index in [0.717, 1.165) is 6.54 Å². The van der Waals surface area contributed by atoms with Crippen LogP contribution in [0.3, 0.4) is 0 Å². The highest BCUT2D eigenvalue weighted by Gasteiger charge is 2.31. The third kappa shape index (κ3) is 3.04. The Balaban J connectivity index is 2.62. The predicted molar refractivity (Wildman–Crippen MR) is 53.2 cm³/mol. The van der Waals surface area contributed by atoms with Gasteiger partial charge in [-0.15, -0.1) is 11.8 Å². The monoisotopic (exact) mass is 173 g/mol. The molecule has 0 atom stereocenters. The molecule has 0 aromatic heterocycles. The lowest BCUT2D eigenvalue weighted by Gasteiger charge is -2.30. The molecule has 0 amide bonds. The maximum Gasteiger partial charge on any atom is 0.0233 e. The van der Waals surface area contributed by atoms with E-state index >= 15 is 0 Å². The van der Waals surface area contributed by atoms with E-state index in [9.17, 15) is 0 Å². The highest BCUT2D eigenvalue weighted by atomic mass is 32.2. The van der Waals surface area contributed by atoms with Crippen LogP contribution in [-0.4, -0.2) is 22.6 Å². The van der Waals surface area contributed by atoms with Crippen molar-refractivity contribution in [2.75, 3.05) is 13.1 Å². The van der Waals surface area contributed by atoms with Gasteiger partial charge in [-0.2, -0.15) is 0 Å². The van der Waals surface area contributed by atoms with Gasteiger partial charge in [-0.05, 0) is 26.8 Å². The average Bonchev–Trinajstić information content (AvgIpc) is 1.86. The Bertz CT molecular complexity index is 124. The van der Waals surface area contributed by atoms with Crippen LogP contribution in [0.2, 0.25) is 0 Å². The molecule has 1 saturated heterocycles. The van der Waals surface area contributed by atoms with Crippen LogP contribution in [0.15, 0.2) is 0 Å². The molecule has 0 aliphatic carbocycles. The summed E-state index contributed by atoms with van der Waals surface area (Å²) in [5.74, 6) is 0. The second-order valence-corrected chi connectivity index (χ2v) is 6.96. The molecule has 66 valence electrons. The summed E-state index contributed by atoms with van der Waals surface area (Å²) in [5, 5.41) is 3.47. The molecular weight excluding hydrogens is 154 g/mol. The minimum absolute atomic E-state index is 0.403. The van der Waals surface area contributed by atoms with Gasteiger partial charge in [0, 0.05) is 16.0 Å². The number of nitrogens with one attached hydrogen (secondary N) is 1. The maximum atomic E-state index is 3.47. The summed E-state index contributed by atoms with van der Waals surface area (Å²) in [6.45, 7) is 11.6. The van der Waals surface area contributed by atoms with Crippen molar-refractivity contribution in [1.82, 2.24) is 5.32 Å². The van der Waals surface area contributed by atoms with Crippen molar-refractivity contribution in [3.8, 4) is 0 Å². The van der Waals surface area contributed by atoms with Gasteiger partial charge in [-0.1, -0.05) is 13.8 Å². The van der Waals surface area contributed by atoms with E-state index < -0.39 is 0 Å². The molecule has 1 N–H and O–H groups in total. The first-order valence-corrected chi connectivity index (χ1v) is 5.14. The van der Waals surface area contributed by atoms with Crippen molar-refractivity contribution < 1.29 is 0 Å². The topological polar surface area (TPSA) is 12.0 Å². The minimum atomic E-state index is 0.403. The van der Waals surface area contributed by atoms with Gasteiger partial charge < -0.3 is 5.32 Å². The van der Waals surface area contributed by atoms with Crippen molar-refractivity contribution in [3.63, 3.8) is 0 Å². The van der Waals surface area contributed by atoms with Gasteiger partial charge in [-0.25, -0.2) is 0 Å². The lowest BCUT2D eigenvalue weighted by Crippen LogP contribution is -2.31. The van der Waals surface area contributed by atoms with Crippen molar-refractivity contribution >= 4 is 11.8 Å². The summed E-state index contributed by atoms with van der Waals surface area (Å²) in [7, 11) is 0. The second-order valence-electron chi connectivity index (χ2n) is 4.55. The highest BCUT2D eigenvalue weighted by Crippen LogP contribution is 2.39. The Labute approximate surface area is 74.3 Å². The summed E-state index contributed by atoms with van der Waals surface area (Å²) in [4.78, 5) is 0. The highest BCUT2D eigenvalue weighted by molar-refractivity contribution is 8.01. The lowest BCUT2D eigenvalue weighted by atomic mass is 10.1. The molecule has 1 aliphatic rings. The van der Waals surface area contributed by atoms with Crippen LogP contribution in [0.4, 0.5) is 0 Å². The van der Waals surface area contributed by atoms with E-state index in [-0.39, 0.29) is 0 Å². The average molecular weight is 173 g/mol. The van der Waals surface area contributed by atoms with Gasteiger partial charge in [0.15, 0.2) is 0 Å². The third-order valence-corrected chi connectivity index (χ3v) is 3.46. The molecular formula is C9H19NS. The standard InChI is InChI=1S/C9H19NS/c1-8(2)5-6-10-7-9(3,4)11-8/h10H,5-7H2,1-4H3. The van der Waals surface area contributed by atoms with Crippen LogP contribution in [0.25, 0.3) is 0 Å².